The van der Waals surface area contributed by atoms with Crippen LogP contribution < -0.4 is 5.32 Å². The maximum Gasteiger partial charge on any atom is 0.405 e. The highest BCUT2D eigenvalue weighted by Gasteiger charge is 2.01. The van der Waals surface area contributed by atoms with Crippen LogP contribution in [0.25, 0.3) is 0 Å². The second-order valence-corrected chi connectivity index (χ2v) is 1.85. The molecule has 0 aromatic carbocycles. The van der Waals surface area contributed by atoms with Gasteiger partial charge in [-0.2, -0.15) is 0 Å². The van der Waals surface area contributed by atoms with Crippen molar-refractivity contribution in [3.05, 3.63) is 0 Å². The lowest BCUT2D eigenvalue weighted by atomic mass is 10.5. The average Bonchev–Trinajstić information content (AvgIpc) is 1.65. The smallest absolute Gasteiger partial charge is 0.405 e. The summed E-state index contributed by atoms with van der Waals surface area (Å²) in [6.07, 6.45) is -0.472. The van der Waals surface area contributed by atoms with Crippen LogP contribution in [0.5, 0.6) is 0 Å². The molecule has 4 heteroatoms. The molecule has 0 aromatic rings. The zero-order valence-electron chi connectivity index (χ0n) is 4.52. The van der Waals surface area contributed by atoms with Crippen molar-refractivity contribution >= 4 is 17.7 Å². The Hall–Kier alpha value is -0.440. The Bertz CT molecular complexity index is 86.1. The summed E-state index contributed by atoms with van der Waals surface area (Å²) in [6.45, 7) is 1.80. The molecular formula is C4H8ClNO2. The van der Waals surface area contributed by atoms with E-state index in [1.54, 1.807) is 6.92 Å². The molecule has 0 fully saturated rings. The van der Waals surface area contributed by atoms with Crippen molar-refractivity contribution in [1.82, 2.24) is 5.32 Å². The monoisotopic (exact) mass is 137 g/mol. The van der Waals surface area contributed by atoms with E-state index in [1.807, 2.05) is 0 Å². The van der Waals surface area contributed by atoms with Crippen LogP contribution in [0.4, 0.5) is 4.79 Å². The van der Waals surface area contributed by atoms with Crippen molar-refractivity contribution in [2.45, 2.75) is 18.8 Å². The molecule has 3 nitrogen and oxygen atoms in total. The fraction of sp³-hybridized carbons (Fsp3) is 0.750. The van der Waals surface area contributed by atoms with Gasteiger partial charge in [-0.3, -0.25) is 0 Å². The Morgan fingerprint density at radius 2 is 2.50 bits per heavy atom. The summed E-state index contributed by atoms with van der Waals surface area (Å²) in [5.74, 6) is 0. The van der Waals surface area contributed by atoms with Crippen LogP contribution in [0.15, 0.2) is 0 Å². The maximum atomic E-state index is 9.77. The lowest BCUT2D eigenvalue weighted by Crippen LogP contribution is -2.28. The third-order valence-corrected chi connectivity index (χ3v) is 1.06. The first kappa shape index (κ1) is 7.56. The Kier molecular flexibility index (Phi) is 3.35. The van der Waals surface area contributed by atoms with Gasteiger partial charge in [0.2, 0.25) is 0 Å². The minimum absolute atomic E-state index is 0.451. The van der Waals surface area contributed by atoms with Crippen LogP contribution >= 0.6 is 11.6 Å². The molecule has 48 valence electrons. The van der Waals surface area contributed by atoms with E-state index in [4.69, 9.17) is 16.7 Å². The number of halogens is 1. The SMILES string of the molecule is CCC(Cl)NC(=O)O. The zero-order valence-corrected chi connectivity index (χ0v) is 5.27. The Balaban J connectivity index is 3.24. The van der Waals surface area contributed by atoms with Gasteiger partial charge >= 0.3 is 6.09 Å². The first-order chi connectivity index (χ1) is 3.66. The van der Waals surface area contributed by atoms with E-state index in [1.165, 1.54) is 0 Å². The predicted molar refractivity (Wildman–Crippen MR) is 31.1 cm³/mol. The van der Waals surface area contributed by atoms with Gasteiger partial charge in [-0.25, -0.2) is 4.79 Å². The molecule has 2 N–H and O–H groups in total. The Labute approximate surface area is 52.6 Å². The van der Waals surface area contributed by atoms with Gasteiger partial charge in [-0.15, -0.1) is 0 Å². The summed E-state index contributed by atoms with van der Waals surface area (Å²) >= 11 is 5.37. The molecule has 0 aliphatic carbocycles. The number of hydrogen-bond acceptors (Lipinski definition) is 1. The second kappa shape index (κ2) is 3.55. The number of carboxylic acid groups (broad SMARTS) is 1. The molecule has 0 heterocycles. The Morgan fingerprint density at radius 3 is 2.62 bits per heavy atom. The van der Waals surface area contributed by atoms with Gasteiger partial charge in [0.05, 0.1) is 0 Å². The fourth-order valence-corrected chi connectivity index (χ4v) is 0.329. The summed E-state index contributed by atoms with van der Waals surface area (Å²) in [4.78, 5) is 9.77. The molecule has 0 radical (unpaired) electrons. The van der Waals surface area contributed by atoms with E-state index in [9.17, 15) is 4.79 Å². The summed E-state index contributed by atoms with van der Waals surface area (Å²) in [5.41, 5.74) is -0.451. The number of carbonyl (C=O) groups is 1. The molecule has 0 rings (SSSR count). The van der Waals surface area contributed by atoms with E-state index in [0.717, 1.165) is 0 Å². The molecule has 0 aromatic heterocycles. The van der Waals surface area contributed by atoms with Gasteiger partial charge in [0.15, 0.2) is 0 Å². The molecule has 0 aliphatic rings. The lowest BCUT2D eigenvalue weighted by molar-refractivity contribution is 0.193. The molecule has 1 unspecified atom stereocenters. The summed E-state index contributed by atoms with van der Waals surface area (Å²) < 4.78 is 0. The molecule has 8 heavy (non-hydrogen) atoms. The van der Waals surface area contributed by atoms with Gasteiger partial charge < -0.3 is 10.4 Å². The molecule has 0 saturated heterocycles. The number of nitrogens with one attached hydrogen (secondary N) is 1. The number of amides is 1. The molecular weight excluding hydrogens is 130 g/mol. The molecule has 0 aliphatic heterocycles. The molecule has 0 saturated carbocycles. The molecule has 1 atom stereocenters. The van der Waals surface area contributed by atoms with Crippen LogP contribution in [-0.2, 0) is 0 Å². The number of alkyl halides is 1. The predicted octanol–water partition coefficient (Wildman–Crippen LogP) is 1.23. The van der Waals surface area contributed by atoms with E-state index in [0.29, 0.717) is 6.42 Å². The van der Waals surface area contributed by atoms with Gasteiger partial charge in [0, 0.05) is 0 Å². The lowest BCUT2D eigenvalue weighted by Gasteiger charge is -2.02. The highest BCUT2D eigenvalue weighted by Crippen LogP contribution is 1.93. The summed E-state index contributed by atoms with van der Waals surface area (Å²) in [6, 6.07) is 0. The van der Waals surface area contributed by atoms with Crippen LogP contribution in [0, 0.1) is 0 Å². The van der Waals surface area contributed by atoms with Gasteiger partial charge in [-0.05, 0) is 6.42 Å². The number of hydrogen-bond donors (Lipinski definition) is 2. The molecule has 1 amide bonds. The quantitative estimate of drug-likeness (QED) is 0.444. The first-order valence-corrected chi connectivity index (χ1v) is 2.74. The largest absolute Gasteiger partial charge is 0.465 e. The standard InChI is InChI=1S/C4H8ClNO2/c1-2-3(5)6-4(7)8/h3,6H,2H2,1H3,(H,7,8). The topological polar surface area (TPSA) is 49.3 Å². The Morgan fingerprint density at radius 1 is 2.00 bits per heavy atom. The van der Waals surface area contributed by atoms with Crippen LogP contribution in [-0.4, -0.2) is 16.7 Å². The fourth-order valence-electron chi connectivity index (χ4n) is 0.236. The van der Waals surface area contributed by atoms with Crippen LogP contribution in [0.1, 0.15) is 13.3 Å². The van der Waals surface area contributed by atoms with E-state index >= 15 is 0 Å². The summed E-state index contributed by atoms with van der Waals surface area (Å²) in [5, 5.41) is 10.1. The van der Waals surface area contributed by atoms with Crippen molar-refractivity contribution in [3.63, 3.8) is 0 Å². The van der Waals surface area contributed by atoms with E-state index < -0.39 is 11.6 Å². The van der Waals surface area contributed by atoms with Crippen molar-refractivity contribution in [1.29, 1.82) is 0 Å². The van der Waals surface area contributed by atoms with Crippen LogP contribution in [0.2, 0.25) is 0 Å². The zero-order chi connectivity index (χ0) is 6.57. The van der Waals surface area contributed by atoms with E-state index in [-0.39, 0.29) is 0 Å². The van der Waals surface area contributed by atoms with E-state index in [2.05, 4.69) is 5.32 Å². The van der Waals surface area contributed by atoms with Crippen molar-refractivity contribution in [2.24, 2.45) is 0 Å². The highest BCUT2D eigenvalue weighted by molar-refractivity contribution is 6.21. The third-order valence-electron chi connectivity index (χ3n) is 0.639. The average molecular weight is 138 g/mol. The first-order valence-electron chi connectivity index (χ1n) is 2.30. The maximum absolute atomic E-state index is 9.77. The van der Waals surface area contributed by atoms with Crippen molar-refractivity contribution in [3.8, 4) is 0 Å². The minimum Gasteiger partial charge on any atom is -0.465 e. The van der Waals surface area contributed by atoms with Crippen molar-refractivity contribution < 1.29 is 9.90 Å². The van der Waals surface area contributed by atoms with Gasteiger partial charge in [-0.1, -0.05) is 18.5 Å². The van der Waals surface area contributed by atoms with Gasteiger partial charge in [0.25, 0.3) is 0 Å². The van der Waals surface area contributed by atoms with Crippen LogP contribution in [0.3, 0.4) is 0 Å². The highest BCUT2D eigenvalue weighted by atomic mass is 35.5. The normalized spacial score (nSPS) is 12.8. The number of rotatable bonds is 2. The van der Waals surface area contributed by atoms with Crippen molar-refractivity contribution in [2.75, 3.05) is 0 Å². The summed E-state index contributed by atoms with van der Waals surface area (Å²) in [7, 11) is 0. The molecule has 0 bridgehead atoms. The second-order valence-electron chi connectivity index (χ2n) is 1.33. The minimum atomic E-state index is -1.08. The van der Waals surface area contributed by atoms with Gasteiger partial charge in [0.1, 0.15) is 5.50 Å². The molecule has 0 spiro atoms. The third kappa shape index (κ3) is 3.74.